The largest absolute Gasteiger partial charge is 0.372 e. The number of benzene rings is 1. The van der Waals surface area contributed by atoms with Crippen molar-refractivity contribution in [2.45, 2.75) is 33.0 Å². The van der Waals surface area contributed by atoms with Crippen LogP contribution in [0.5, 0.6) is 0 Å². The first-order valence-corrected chi connectivity index (χ1v) is 6.74. The van der Waals surface area contributed by atoms with Gasteiger partial charge in [0.15, 0.2) is 0 Å². The third-order valence-electron chi connectivity index (χ3n) is 3.23. The van der Waals surface area contributed by atoms with Crippen LogP contribution in [0.4, 0.5) is 0 Å². The van der Waals surface area contributed by atoms with Crippen molar-refractivity contribution in [2.24, 2.45) is 0 Å². The first-order chi connectivity index (χ1) is 9.06. The molecule has 0 N–H and O–H groups in total. The summed E-state index contributed by atoms with van der Waals surface area (Å²) in [6.45, 7) is 7.23. The highest BCUT2D eigenvalue weighted by Crippen LogP contribution is 2.15. The molecule has 2 rings (SSSR count). The molecule has 2 atom stereocenters. The zero-order chi connectivity index (χ0) is 13.8. The van der Waals surface area contributed by atoms with Crippen molar-refractivity contribution in [2.75, 3.05) is 13.1 Å². The fourth-order valence-corrected chi connectivity index (χ4v) is 2.45. The predicted octanol–water partition coefficient (Wildman–Crippen LogP) is 2.73. The molecule has 1 heterocycles. The zero-order valence-corrected chi connectivity index (χ0v) is 11.8. The van der Waals surface area contributed by atoms with Gasteiger partial charge in [0.1, 0.15) is 0 Å². The summed E-state index contributed by atoms with van der Waals surface area (Å²) in [5, 5.41) is 0. The Morgan fingerprint density at radius 2 is 1.79 bits per heavy atom. The molecule has 1 aromatic carbocycles. The molecule has 2 unspecified atom stereocenters. The van der Waals surface area contributed by atoms with Gasteiger partial charge in [-0.25, -0.2) is 0 Å². The fourth-order valence-electron chi connectivity index (χ4n) is 2.45. The molecule has 1 aliphatic heterocycles. The van der Waals surface area contributed by atoms with E-state index in [0.29, 0.717) is 13.1 Å². The number of hydrogen-bond donors (Lipinski definition) is 0. The maximum Gasteiger partial charge on any atom is 0.249 e. The number of ether oxygens (including phenoxy) is 1. The molecular weight excluding hydrogens is 238 g/mol. The summed E-state index contributed by atoms with van der Waals surface area (Å²) >= 11 is 0. The molecule has 1 aromatic rings. The van der Waals surface area contributed by atoms with Crippen LogP contribution in [0, 0.1) is 0 Å². The molecule has 0 saturated carbocycles. The van der Waals surface area contributed by atoms with Gasteiger partial charge >= 0.3 is 0 Å². The van der Waals surface area contributed by atoms with Crippen LogP contribution in [0.3, 0.4) is 0 Å². The monoisotopic (exact) mass is 259 g/mol. The lowest BCUT2D eigenvalue weighted by Crippen LogP contribution is -2.48. The molecule has 0 radical (unpaired) electrons. The molecule has 0 aliphatic carbocycles. The number of amides is 1. The average molecular weight is 259 g/mol. The van der Waals surface area contributed by atoms with Crippen LogP contribution in [-0.2, 0) is 9.53 Å². The maximum atomic E-state index is 12.4. The van der Waals surface area contributed by atoms with Crippen molar-refractivity contribution in [1.29, 1.82) is 0 Å². The van der Waals surface area contributed by atoms with E-state index < -0.39 is 0 Å². The minimum Gasteiger partial charge on any atom is -0.372 e. The van der Waals surface area contributed by atoms with Crippen LogP contribution >= 0.6 is 0 Å². The normalized spacial score (nSPS) is 24.4. The second kappa shape index (κ2) is 6.02. The van der Waals surface area contributed by atoms with E-state index in [1.165, 1.54) is 0 Å². The molecule has 0 aromatic heterocycles. The van der Waals surface area contributed by atoms with E-state index in [9.17, 15) is 4.79 Å². The van der Waals surface area contributed by atoms with Crippen molar-refractivity contribution < 1.29 is 9.53 Å². The molecule has 3 nitrogen and oxygen atoms in total. The molecule has 102 valence electrons. The van der Waals surface area contributed by atoms with Gasteiger partial charge in [-0.05, 0) is 32.4 Å². The van der Waals surface area contributed by atoms with E-state index in [1.807, 2.05) is 62.1 Å². The van der Waals surface area contributed by atoms with Gasteiger partial charge in [0.2, 0.25) is 5.91 Å². The third-order valence-corrected chi connectivity index (χ3v) is 3.23. The second-order valence-electron chi connectivity index (χ2n) is 5.21. The summed E-state index contributed by atoms with van der Waals surface area (Å²) in [4.78, 5) is 14.3. The van der Waals surface area contributed by atoms with Gasteiger partial charge in [-0.3, -0.25) is 4.79 Å². The van der Waals surface area contributed by atoms with Crippen LogP contribution in [0.1, 0.15) is 26.3 Å². The molecule has 1 saturated heterocycles. The standard InChI is InChI=1S/C16H21NO2/c1-12(9-15-7-5-4-6-8-15)16(18)17-10-13(2)19-14(3)11-17/h4-9,13-14H,10-11H2,1-3H3/b12-9-. The second-order valence-corrected chi connectivity index (χ2v) is 5.21. The lowest BCUT2D eigenvalue weighted by Gasteiger charge is -2.35. The molecule has 1 fully saturated rings. The first kappa shape index (κ1) is 13.8. The Bertz CT molecular complexity index is 457. The number of carbonyl (C=O) groups is 1. The van der Waals surface area contributed by atoms with Crippen LogP contribution in [0.25, 0.3) is 6.08 Å². The van der Waals surface area contributed by atoms with E-state index in [4.69, 9.17) is 4.74 Å². The Balaban J connectivity index is 2.09. The van der Waals surface area contributed by atoms with E-state index in [0.717, 1.165) is 11.1 Å². The summed E-state index contributed by atoms with van der Waals surface area (Å²) in [7, 11) is 0. The Labute approximate surface area is 114 Å². The zero-order valence-electron chi connectivity index (χ0n) is 11.8. The van der Waals surface area contributed by atoms with Crippen LogP contribution < -0.4 is 0 Å². The molecule has 1 aliphatic rings. The summed E-state index contributed by atoms with van der Waals surface area (Å²) < 4.78 is 5.65. The Hall–Kier alpha value is -1.61. The van der Waals surface area contributed by atoms with Gasteiger partial charge in [0.25, 0.3) is 0 Å². The van der Waals surface area contributed by atoms with Crippen molar-refractivity contribution in [3.63, 3.8) is 0 Å². The first-order valence-electron chi connectivity index (χ1n) is 6.74. The lowest BCUT2D eigenvalue weighted by molar-refractivity contribution is -0.139. The average Bonchev–Trinajstić information content (AvgIpc) is 2.37. The highest BCUT2D eigenvalue weighted by Gasteiger charge is 2.26. The van der Waals surface area contributed by atoms with Gasteiger partial charge in [-0.1, -0.05) is 30.3 Å². The maximum absolute atomic E-state index is 12.4. The summed E-state index contributed by atoms with van der Waals surface area (Å²) in [6.07, 6.45) is 2.15. The van der Waals surface area contributed by atoms with Crippen molar-refractivity contribution >= 4 is 12.0 Å². The molecule has 0 spiro atoms. The SMILES string of the molecule is C/C(=C/c1ccccc1)C(=O)N1CC(C)OC(C)C1. The van der Waals surface area contributed by atoms with E-state index in [1.54, 1.807) is 0 Å². The van der Waals surface area contributed by atoms with Crippen LogP contribution in [0.2, 0.25) is 0 Å². The number of rotatable bonds is 2. The number of hydrogen-bond acceptors (Lipinski definition) is 2. The molecule has 19 heavy (non-hydrogen) atoms. The number of carbonyl (C=O) groups excluding carboxylic acids is 1. The fraction of sp³-hybridized carbons (Fsp3) is 0.438. The minimum absolute atomic E-state index is 0.103. The van der Waals surface area contributed by atoms with E-state index >= 15 is 0 Å². The van der Waals surface area contributed by atoms with Crippen LogP contribution in [0.15, 0.2) is 35.9 Å². The summed E-state index contributed by atoms with van der Waals surface area (Å²) in [5.74, 6) is 0.103. The lowest BCUT2D eigenvalue weighted by atomic mass is 10.1. The number of morpholine rings is 1. The van der Waals surface area contributed by atoms with Crippen molar-refractivity contribution in [3.8, 4) is 0 Å². The van der Waals surface area contributed by atoms with Gasteiger partial charge < -0.3 is 9.64 Å². The van der Waals surface area contributed by atoms with Gasteiger partial charge in [0.05, 0.1) is 12.2 Å². The Morgan fingerprint density at radius 3 is 2.37 bits per heavy atom. The van der Waals surface area contributed by atoms with Gasteiger partial charge in [0, 0.05) is 18.7 Å². The van der Waals surface area contributed by atoms with Crippen molar-refractivity contribution in [3.05, 3.63) is 41.5 Å². The predicted molar refractivity (Wildman–Crippen MR) is 76.7 cm³/mol. The quantitative estimate of drug-likeness (QED) is 0.764. The minimum atomic E-state index is 0.103. The van der Waals surface area contributed by atoms with E-state index in [-0.39, 0.29) is 18.1 Å². The molecular formula is C16H21NO2. The summed E-state index contributed by atoms with van der Waals surface area (Å²) in [5.41, 5.74) is 1.83. The topological polar surface area (TPSA) is 29.5 Å². The smallest absolute Gasteiger partial charge is 0.249 e. The Morgan fingerprint density at radius 1 is 1.21 bits per heavy atom. The molecule has 1 amide bonds. The Kier molecular flexibility index (Phi) is 4.38. The van der Waals surface area contributed by atoms with E-state index in [2.05, 4.69) is 0 Å². The summed E-state index contributed by atoms with van der Waals surface area (Å²) in [6, 6.07) is 9.92. The number of nitrogens with zero attached hydrogens (tertiary/aromatic N) is 1. The van der Waals surface area contributed by atoms with Crippen LogP contribution in [-0.4, -0.2) is 36.1 Å². The van der Waals surface area contributed by atoms with Crippen molar-refractivity contribution in [1.82, 2.24) is 4.90 Å². The highest BCUT2D eigenvalue weighted by molar-refractivity contribution is 5.97. The van der Waals surface area contributed by atoms with Gasteiger partial charge in [-0.2, -0.15) is 0 Å². The molecule has 0 bridgehead atoms. The molecule has 3 heteroatoms. The third kappa shape index (κ3) is 3.67. The highest BCUT2D eigenvalue weighted by atomic mass is 16.5. The van der Waals surface area contributed by atoms with Gasteiger partial charge in [-0.15, -0.1) is 0 Å².